The number of thioether (sulfide) groups is 1. The van der Waals surface area contributed by atoms with Crippen LogP contribution in [0.4, 0.5) is 10.5 Å². The number of rotatable bonds is 7. The fraction of sp³-hybridized carbons (Fsp3) is 0.300. The molecule has 1 aromatic carbocycles. The summed E-state index contributed by atoms with van der Waals surface area (Å²) in [4.78, 5) is 26.2. The summed E-state index contributed by atoms with van der Waals surface area (Å²) < 4.78 is 5.45. The van der Waals surface area contributed by atoms with Gasteiger partial charge in [-0.05, 0) is 61.4 Å². The number of carbonyl (C=O) groups is 2. The monoisotopic (exact) mass is 370 g/mol. The molecular formula is C20H22N2O3S. The molecule has 2 amide bonds. The summed E-state index contributed by atoms with van der Waals surface area (Å²) in [6, 6.07) is 11.7. The van der Waals surface area contributed by atoms with Crippen LogP contribution in [0.1, 0.15) is 36.8 Å². The van der Waals surface area contributed by atoms with E-state index in [1.165, 1.54) is 23.3 Å². The Morgan fingerprint density at radius 2 is 1.92 bits per heavy atom. The zero-order valence-electron chi connectivity index (χ0n) is 15.0. The molecule has 1 N–H and O–H groups in total. The minimum absolute atomic E-state index is 0.146. The predicted molar refractivity (Wildman–Crippen MR) is 105 cm³/mol. The van der Waals surface area contributed by atoms with Crippen molar-refractivity contribution in [1.82, 2.24) is 4.90 Å². The number of benzene rings is 1. The molecule has 0 radical (unpaired) electrons. The van der Waals surface area contributed by atoms with Crippen LogP contribution < -0.4 is 5.32 Å². The molecule has 0 bridgehead atoms. The molecule has 3 rings (SSSR count). The molecule has 26 heavy (non-hydrogen) atoms. The van der Waals surface area contributed by atoms with Gasteiger partial charge in [-0.2, -0.15) is 0 Å². The fourth-order valence-electron chi connectivity index (χ4n) is 2.64. The molecule has 2 heterocycles. The number of nitrogens with zero attached hydrogens (tertiary/aromatic N) is 1. The second-order valence-electron chi connectivity index (χ2n) is 6.19. The van der Waals surface area contributed by atoms with Crippen molar-refractivity contribution in [1.29, 1.82) is 0 Å². The smallest absolute Gasteiger partial charge is 0.295 e. The van der Waals surface area contributed by atoms with Gasteiger partial charge < -0.3 is 9.73 Å². The van der Waals surface area contributed by atoms with E-state index in [1.807, 2.05) is 25.1 Å². The summed E-state index contributed by atoms with van der Waals surface area (Å²) in [5, 5.41) is 2.86. The van der Waals surface area contributed by atoms with Crippen LogP contribution in [0.5, 0.6) is 0 Å². The van der Waals surface area contributed by atoms with Crippen molar-refractivity contribution in [2.45, 2.75) is 33.1 Å². The van der Waals surface area contributed by atoms with Crippen LogP contribution in [0.25, 0.3) is 6.08 Å². The second kappa shape index (κ2) is 8.27. The summed E-state index contributed by atoms with van der Waals surface area (Å²) in [7, 11) is 0. The molecule has 2 aromatic rings. The molecule has 0 aliphatic carbocycles. The van der Waals surface area contributed by atoms with Crippen LogP contribution in [0.3, 0.4) is 0 Å². The zero-order chi connectivity index (χ0) is 18.5. The molecular weight excluding hydrogens is 348 g/mol. The van der Waals surface area contributed by atoms with E-state index < -0.39 is 0 Å². The number of hydrogen-bond acceptors (Lipinski definition) is 5. The standard InChI is InChI=1S/C20H22N2O3S/c1-3-4-5-15-7-9-16(10-8-15)21-13-22-19(23)18(26-20(22)24)12-17-11-6-14(2)25-17/h6-12,21H,3-5,13H2,1-2H3. The lowest BCUT2D eigenvalue weighted by molar-refractivity contribution is -0.122. The Morgan fingerprint density at radius 3 is 2.58 bits per heavy atom. The van der Waals surface area contributed by atoms with Crippen LogP contribution in [0.15, 0.2) is 45.7 Å². The topological polar surface area (TPSA) is 62.6 Å². The fourth-order valence-corrected chi connectivity index (χ4v) is 3.46. The van der Waals surface area contributed by atoms with Gasteiger partial charge >= 0.3 is 0 Å². The zero-order valence-corrected chi connectivity index (χ0v) is 15.8. The summed E-state index contributed by atoms with van der Waals surface area (Å²) in [5.41, 5.74) is 2.18. The molecule has 0 saturated carbocycles. The van der Waals surface area contributed by atoms with Crippen molar-refractivity contribution in [2.75, 3.05) is 12.0 Å². The summed E-state index contributed by atoms with van der Waals surface area (Å²) in [6.45, 7) is 4.15. The van der Waals surface area contributed by atoms with Crippen molar-refractivity contribution in [2.24, 2.45) is 0 Å². The molecule has 1 saturated heterocycles. The van der Waals surface area contributed by atoms with E-state index in [4.69, 9.17) is 4.42 Å². The first-order valence-corrected chi connectivity index (χ1v) is 9.53. The van der Waals surface area contributed by atoms with Crippen molar-refractivity contribution >= 4 is 34.7 Å². The van der Waals surface area contributed by atoms with Gasteiger partial charge in [-0.3, -0.25) is 14.5 Å². The van der Waals surface area contributed by atoms with Gasteiger partial charge in [0.2, 0.25) is 0 Å². The molecule has 0 unspecified atom stereocenters. The minimum atomic E-state index is -0.305. The third-order valence-electron chi connectivity index (χ3n) is 4.12. The van der Waals surface area contributed by atoms with Gasteiger partial charge in [-0.1, -0.05) is 25.5 Å². The van der Waals surface area contributed by atoms with Crippen LogP contribution >= 0.6 is 11.8 Å². The highest BCUT2D eigenvalue weighted by molar-refractivity contribution is 8.18. The number of unbranched alkanes of at least 4 members (excludes halogenated alkanes) is 1. The third-order valence-corrected chi connectivity index (χ3v) is 5.03. The van der Waals surface area contributed by atoms with E-state index in [9.17, 15) is 9.59 Å². The first-order valence-electron chi connectivity index (χ1n) is 8.71. The first kappa shape index (κ1) is 18.3. The number of amides is 2. The Labute approximate surface area is 157 Å². The molecule has 5 nitrogen and oxygen atoms in total. The van der Waals surface area contributed by atoms with Crippen LogP contribution in [-0.2, 0) is 11.2 Å². The van der Waals surface area contributed by atoms with Crippen LogP contribution in [0.2, 0.25) is 0 Å². The predicted octanol–water partition coefficient (Wildman–Crippen LogP) is 5.04. The lowest BCUT2D eigenvalue weighted by atomic mass is 10.1. The maximum Gasteiger partial charge on any atom is 0.295 e. The Balaban J connectivity index is 1.60. The average molecular weight is 370 g/mol. The number of anilines is 1. The molecule has 1 aliphatic rings. The van der Waals surface area contributed by atoms with Crippen molar-refractivity contribution in [3.8, 4) is 0 Å². The highest BCUT2D eigenvalue weighted by atomic mass is 32.2. The maximum atomic E-state index is 12.5. The van der Waals surface area contributed by atoms with Gasteiger partial charge in [-0.25, -0.2) is 0 Å². The van der Waals surface area contributed by atoms with Gasteiger partial charge in [0.05, 0.1) is 11.6 Å². The van der Waals surface area contributed by atoms with Crippen LogP contribution in [-0.4, -0.2) is 22.7 Å². The van der Waals surface area contributed by atoms with E-state index in [-0.39, 0.29) is 17.8 Å². The van der Waals surface area contributed by atoms with E-state index in [0.717, 1.165) is 29.6 Å². The number of aryl methyl sites for hydroxylation is 2. The Bertz CT molecular complexity index is 824. The van der Waals surface area contributed by atoms with Gasteiger partial charge in [0.15, 0.2) is 0 Å². The largest absolute Gasteiger partial charge is 0.462 e. The van der Waals surface area contributed by atoms with Crippen molar-refractivity contribution < 1.29 is 14.0 Å². The molecule has 0 spiro atoms. The van der Waals surface area contributed by atoms with Gasteiger partial charge in [-0.15, -0.1) is 0 Å². The maximum absolute atomic E-state index is 12.5. The normalized spacial score (nSPS) is 15.9. The SMILES string of the molecule is CCCCc1ccc(NCN2C(=O)SC(=Cc3ccc(C)o3)C2=O)cc1. The molecule has 6 heteroatoms. The lowest BCUT2D eigenvalue weighted by Crippen LogP contribution is -2.33. The van der Waals surface area contributed by atoms with Gasteiger partial charge in [0.1, 0.15) is 11.5 Å². The Morgan fingerprint density at radius 1 is 1.15 bits per heavy atom. The first-order chi connectivity index (χ1) is 12.6. The summed E-state index contributed by atoms with van der Waals surface area (Å²) in [5.74, 6) is 1.03. The number of hydrogen-bond donors (Lipinski definition) is 1. The molecule has 0 atom stereocenters. The molecule has 1 fully saturated rings. The number of carbonyl (C=O) groups excluding carboxylic acids is 2. The third kappa shape index (κ3) is 4.38. The van der Waals surface area contributed by atoms with E-state index >= 15 is 0 Å². The number of nitrogens with one attached hydrogen (secondary N) is 1. The Kier molecular flexibility index (Phi) is 5.83. The average Bonchev–Trinajstić information content (AvgIpc) is 3.16. The minimum Gasteiger partial charge on any atom is -0.462 e. The lowest BCUT2D eigenvalue weighted by Gasteiger charge is -2.14. The van der Waals surface area contributed by atoms with E-state index in [0.29, 0.717) is 10.7 Å². The van der Waals surface area contributed by atoms with E-state index in [2.05, 4.69) is 24.4 Å². The summed E-state index contributed by atoms with van der Waals surface area (Å²) in [6.07, 6.45) is 5.02. The highest BCUT2D eigenvalue weighted by Crippen LogP contribution is 2.32. The number of imide groups is 1. The van der Waals surface area contributed by atoms with Crippen molar-refractivity contribution in [3.05, 3.63) is 58.4 Å². The molecule has 136 valence electrons. The van der Waals surface area contributed by atoms with E-state index in [1.54, 1.807) is 12.1 Å². The quantitative estimate of drug-likeness (QED) is 0.692. The Hall–Kier alpha value is -2.47. The van der Waals surface area contributed by atoms with Crippen molar-refractivity contribution in [3.63, 3.8) is 0 Å². The second-order valence-corrected chi connectivity index (χ2v) is 7.19. The summed E-state index contributed by atoms with van der Waals surface area (Å²) >= 11 is 0.931. The van der Waals surface area contributed by atoms with Gasteiger partial charge in [0, 0.05) is 11.8 Å². The molecule has 1 aliphatic heterocycles. The van der Waals surface area contributed by atoms with Crippen LogP contribution in [0, 0.1) is 6.92 Å². The number of furan rings is 1. The molecule has 1 aromatic heterocycles. The highest BCUT2D eigenvalue weighted by Gasteiger charge is 2.35. The van der Waals surface area contributed by atoms with Gasteiger partial charge in [0.25, 0.3) is 11.1 Å².